The number of carbonyl (C=O) groups is 2. The molecular weight excluding hydrogens is 303 g/mol. The van der Waals surface area contributed by atoms with Crippen LogP contribution in [0.5, 0.6) is 0 Å². The summed E-state index contributed by atoms with van der Waals surface area (Å²) in [4.78, 5) is 24.7. The number of hydrogen-bond donors (Lipinski definition) is 1. The van der Waals surface area contributed by atoms with E-state index in [1.54, 1.807) is 23.1 Å². The number of halogens is 2. The summed E-state index contributed by atoms with van der Waals surface area (Å²) in [6, 6.07) is 4.98. The molecule has 0 aliphatic carbocycles. The van der Waals surface area contributed by atoms with Crippen LogP contribution in [0.25, 0.3) is 0 Å². The second-order valence-electron chi connectivity index (χ2n) is 4.03. The Bertz CT molecular complexity index is 495. The van der Waals surface area contributed by atoms with Crippen LogP contribution >= 0.6 is 23.2 Å². The SMILES string of the molecule is CCN(CC(=O)Nc1cccc(Cl)c1Cl)CC(=O)OC. The van der Waals surface area contributed by atoms with Crippen LogP contribution in [-0.2, 0) is 14.3 Å². The predicted octanol–water partition coefficient (Wildman–Crippen LogP) is 2.43. The Kier molecular flexibility index (Phi) is 6.78. The molecular formula is C13H16Cl2N2O3. The van der Waals surface area contributed by atoms with Crippen molar-refractivity contribution in [1.82, 2.24) is 4.90 Å². The van der Waals surface area contributed by atoms with E-state index in [0.717, 1.165) is 0 Å². The number of nitrogens with zero attached hydrogens (tertiary/aromatic N) is 1. The summed E-state index contributed by atoms with van der Waals surface area (Å²) in [5.41, 5.74) is 0.443. The van der Waals surface area contributed by atoms with Crippen molar-refractivity contribution in [2.75, 3.05) is 32.1 Å². The van der Waals surface area contributed by atoms with Crippen molar-refractivity contribution in [3.63, 3.8) is 0 Å². The summed E-state index contributed by atoms with van der Waals surface area (Å²) in [6.07, 6.45) is 0. The lowest BCUT2D eigenvalue weighted by molar-refractivity contribution is -0.142. The van der Waals surface area contributed by atoms with Gasteiger partial charge in [0.2, 0.25) is 5.91 Å². The van der Waals surface area contributed by atoms with E-state index < -0.39 is 0 Å². The van der Waals surface area contributed by atoms with Gasteiger partial charge in [-0.3, -0.25) is 14.5 Å². The Hall–Kier alpha value is -1.30. The summed E-state index contributed by atoms with van der Waals surface area (Å²) in [6.45, 7) is 2.52. The first-order valence-electron chi connectivity index (χ1n) is 6.01. The van der Waals surface area contributed by atoms with Crippen LogP contribution in [0, 0.1) is 0 Å². The molecule has 1 aromatic carbocycles. The first-order chi connectivity index (χ1) is 9.47. The number of anilines is 1. The Labute approximate surface area is 127 Å². The number of methoxy groups -OCH3 is 1. The maximum absolute atomic E-state index is 11.9. The lowest BCUT2D eigenvalue weighted by Gasteiger charge is -2.18. The lowest BCUT2D eigenvalue weighted by Crippen LogP contribution is -2.37. The number of esters is 1. The van der Waals surface area contributed by atoms with Crippen molar-refractivity contribution in [2.45, 2.75) is 6.92 Å². The minimum atomic E-state index is -0.388. The van der Waals surface area contributed by atoms with E-state index >= 15 is 0 Å². The molecule has 20 heavy (non-hydrogen) atoms. The largest absolute Gasteiger partial charge is 0.468 e. The van der Waals surface area contributed by atoms with Gasteiger partial charge in [-0.1, -0.05) is 36.2 Å². The number of rotatable bonds is 6. The van der Waals surface area contributed by atoms with E-state index in [4.69, 9.17) is 23.2 Å². The van der Waals surface area contributed by atoms with Crippen molar-refractivity contribution in [3.05, 3.63) is 28.2 Å². The molecule has 0 aliphatic rings. The molecule has 0 spiro atoms. The fourth-order valence-corrected chi connectivity index (χ4v) is 1.87. The minimum Gasteiger partial charge on any atom is -0.468 e. The summed E-state index contributed by atoms with van der Waals surface area (Å²) in [7, 11) is 1.31. The summed E-state index contributed by atoms with van der Waals surface area (Å²) in [5.74, 6) is -0.666. The molecule has 7 heteroatoms. The first kappa shape index (κ1) is 16.8. The van der Waals surface area contributed by atoms with Gasteiger partial charge in [0.15, 0.2) is 0 Å². The topological polar surface area (TPSA) is 58.6 Å². The van der Waals surface area contributed by atoms with Gasteiger partial charge in [0.25, 0.3) is 0 Å². The third-order valence-electron chi connectivity index (χ3n) is 2.62. The van der Waals surface area contributed by atoms with Crippen molar-refractivity contribution < 1.29 is 14.3 Å². The molecule has 0 unspecified atom stereocenters. The van der Waals surface area contributed by atoms with Gasteiger partial charge in [0, 0.05) is 0 Å². The van der Waals surface area contributed by atoms with Gasteiger partial charge in [0.1, 0.15) is 0 Å². The molecule has 1 aromatic rings. The molecule has 1 rings (SSSR count). The quantitative estimate of drug-likeness (QED) is 0.818. The van der Waals surface area contributed by atoms with E-state index in [-0.39, 0.29) is 25.0 Å². The number of ether oxygens (including phenoxy) is 1. The summed E-state index contributed by atoms with van der Waals surface area (Å²) >= 11 is 11.8. The zero-order valence-corrected chi connectivity index (χ0v) is 12.8. The number of hydrogen-bond acceptors (Lipinski definition) is 4. The molecule has 0 radical (unpaired) electrons. The van der Waals surface area contributed by atoms with Crippen LogP contribution in [0.4, 0.5) is 5.69 Å². The van der Waals surface area contributed by atoms with Gasteiger partial charge in [-0.15, -0.1) is 0 Å². The monoisotopic (exact) mass is 318 g/mol. The Morgan fingerprint density at radius 2 is 2.00 bits per heavy atom. The molecule has 0 bridgehead atoms. The Balaban J connectivity index is 2.62. The number of likely N-dealkylation sites (N-methyl/N-ethyl adjacent to an activating group) is 1. The van der Waals surface area contributed by atoms with Crippen molar-refractivity contribution in [1.29, 1.82) is 0 Å². The van der Waals surface area contributed by atoms with Crippen LogP contribution < -0.4 is 5.32 Å². The number of amides is 1. The molecule has 0 aliphatic heterocycles. The molecule has 0 atom stereocenters. The average Bonchev–Trinajstić information content (AvgIpc) is 2.42. The van der Waals surface area contributed by atoms with Crippen molar-refractivity contribution >= 4 is 40.8 Å². The standard InChI is InChI=1S/C13H16Cl2N2O3/c1-3-17(8-12(19)20-2)7-11(18)16-10-6-4-5-9(14)13(10)15/h4-6H,3,7-8H2,1-2H3,(H,16,18). The van der Waals surface area contributed by atoms with Crippen LogP contribution in [0.3, 0.4) is 0 Å². The Morgan fingerprint density at radius 3 is 2.60 bits per heavy atom. The third-order valence-corrected chi connectivity index (χ3v) is 3.44. The number of benzene rings is 1. The van der Waals surface area contributed by atoms with Gasteiger partial charge < -0.3 is 10.1 Å². The number of nitrogens with one attached hydrogen (secondary N) is 1. The normalized spacial score (nSPS) is 10.4. The van der Waals surface area contributed by atoms with Gasteiger partial charge in [-0.25, -0.2) is 0 Å². The van der Waals surface area contributed by atoms with Gasteiger partial charge in [-0.2, -0.15) is 0 Å². The maximum atomic E-state index is 11.9. The molecule has 0 fully saturated rings. The lowest BCUT2D eigenvalue weighted by atomic mass is 10.3. The average molecular weight is 319 g/mol. The predicted molar refractivity (Wildman–Crippen MR) is 79.2 cm³/mol. The van der Waals surface area contributed by atoms with E-state index in [1.165, 1.54) is 7.11 Å². The molecule has 110 valence electrons. The van der Waals surface area contributed by atoms with Gasteiger partial charge in [-0.05, 0) is 18.7 Å². The van der Waals surface area contributed by atoms with Crippen molar-refractivity contribution in [3.8, 4) is 0 Å². The highest BCUT2D eigenvalue weighted by molar-refractivity contribution is 6.43. The van der Waals surface area contributed by atoms with Crippen molar-refractivity contribution in [2.24, 2.45) is 0 Å². The smallest absolute Gasteiger partial charge is 0.319 e. The molecule has 1 amide bonds. The minimum absolute atomic E-state index is 0.0592. The first-order valence-corrected chi connectivity index (χ1v) is 6.76. The van der Waals surface area contributed by atoms with Crippen LogP contribution in [0.1, 0.15) is 6.92 Å². The zero-order valence-electron chi connectivity index (χ0n) is 11.3. The maximum Gasteiger partial charge on any atom is 0.319 e. The van der Waals surface area contributed by atoms with E-state index in [0.29, 0.717) is 22.3 Å². The molecule has 0 saturated carbocycles. The fraction of sp³-hybridized carbons (Fsp3) is 0.385. The highest BCUT2D eigenvalue weighted by atomic mass is 35.5. The molecule has 1 N–H and O–H groups in total. The Morgan fingerprint density at radius 1 is 1.30 bits per heavy atom. The van der Waals surface area contributed by atoms with E-state index in [1.807, 2.05) is 6.92 Å². The van der Waals surface area contributed by atoms with Crippen LogP contribution in [-0.4, -0.2) is 43.5 Å². The molecule has 0 saturated heterocycles. The molecule has 5 nitrogen and oxygen atoms in total. The number of carbonyl (C=O) groups excluding carboxylic acids is 2. The van der Waals surface area contributed by atoms with E-state index in [2.05, 4.69) is 10.1 Å². The second-order valence-corrected chi connectivity index (χ2v) is 4.81. The van der Waals surface area contributed by atoms with Crippen LogP contribution in [0.15, 0.2) is 18.2 Å². The summed E-state index contributed by atoms with van der Waals surface area (Å²) < 4.78 is 4.57. The van der Waals surface area contributed by atoms with Gasteiger partial charge >= 0.3 is 5.97 Å². The molecule has 0 aromatic heterocycles. The summed E-state index contributed by atoms with van der Waals surface area (Å²) in [5, 5.41) is 3.32. The zero-order chi connectivity index (χ0) is 15.1. The van der Waals surface area contributed by atoms with E-state index in [9.17, 15) is 9.59 Å². The highest BCUT2D eigenvalue weighted by Gasteiger charge is 2.14. The fourth-order valence-electron chi connectivity index (χ4n) is 1.52. The second kappa shape index (κ2) is 8.09. The molecule has 0 heterocycles. The highest BCUT2D eigenvalue weighted by Crippen LogP contribution is 2.29. The van der Waals surface area contributed by atoms with Gasteiger partial charge in [0.05, 0.1) is 35.9 Å². The third kappa shape index (κ3) is 5.00. The van der Waals surface area contributed by atoms with Crippen LogP contribution in [0.2, 0.25) is 10.0 Å².